The van der Waals surface area contributed by atoms with Gasteiger partial charge in [-0.05, 0) is 36.2 Å². The topological polar surface area (TPSA) is 155 Å². The van der Waals surface area contributed by atoms with Crippen molar-refractivity contribution < 1.29 is 14.4 Å². The summed E-state index contributed by atoms with van der Waals surface area (Å²) in [5, 5.41) is 10.0. The van der Waals surface area contributed by atoms with Gasteiger partial charge in [0.2, 0.25) is 11.8 Å². The SMILES string of the molecule is Cc1cc(CN2C(=O)C(N)=C(C=N)NC(=O)C2Cc2ccccn2)ccc1C(N)=O. The number of rotatable bonds is 6. The molecule has 0 saturated carbocycles. The molecule has 0 radical (unpaired) electrons. The Morgan fingerprint density at radius 1 is 1.30 bits per heavy atom. The fourth-order valence-electron chi connectivity index (χ4n) is 3.35. The van der Waals surface area contributed by atoms with Crippen LogP contribution in [0, 0.1) is 12.3 Å². The third-order valence-corrected chi connectivity index (χ3v) is 4.90. The van der Waals surface area contributed by atoms with E-state index >= 15 is 0 Å². The molecule has 30 heavy (non-hydrogen) atoms. The number of nitrogens with one attached hydrogen (secondary N) is 2. The minimum absolute atomic E-state index is 0.0428. The van der Waals surface area contributed by atoms with Gasteiger partial charge in [-0.15, -0.1) is 0 Å². The lowest BCUT2D eigenvalue weighted by Crippen LogP contribution is -2.48. The van der Waals surface area contributed by atoms with E-state index in [1.54, 1.807) is 49.5 Å². The quantitative estimate of drug-likeness (QED) is 0.510. The van der Waals surface area contributed by atoms with Crippen molar-refractivity contribution in [2.75, 3.05) is 0 Å². The number of amides is 3. The van der Waals surface area contributed by atoms with Crippen molar-refractivity contribution in [1.29, 1.82) is 5.41 Å². The van der Waals surface area contributed by atoms with Gasteiger partial charge in [-0.1, -0.05) is 18.2 Å². The number of aromatic nitrogens is 1. The van der Waals surface area contributed by atoms with E-state index in [-0.39, 0.29) is 24.4 Å². The van der Waals surface area contributed by atoms with Gasteiger partial charge < -0.3 is 27.1 Å². The van der Waals surface area contributed by atoms with Gasteiger partial charge in [-0.2, -0.15) is 0 Å². The molecule has 3 amide bonds. The number of benzene rings is 1. The zero-order valence-corrected chi connectivity index (χ0v) is 16.4. The number of primary amides is 1. The Hall–Kier alpha value is -4.01. The highest BCUT2D eigenvalue weighted by molar-refractivity contribution is 6.05. The van der Waals surface area contributed by atoms with Crippen LogP contribution >= 0.6 is 0 Å². The van der Waals surface area contributed by atoms with Crippen molar-refractivity contribution in [3.63, 3.8) is 0 Å². The van der Waals surface area contributed by atoms with Crippen LogP contribution in [0.25, 0.3) is 0 Å². The van der Waals surface area contributed by atoms with Crippen LogP contribution in [0.3, 0.4) is 0 Å². The van der Waals surface area contributed by atoms with Crippen molar-refractivity contribution in [3.8, 4) is 0 Å². The van der Waals surface area contributed by atoms with Gasteiger partial charge in [0.25, 0.3) is 5.91 Å². The van der Waals surface area contributed by atoms with E-state index in [9.17, 15) is 14.4 Å². The first-order valence-electron chi connectivity index (χ1n) is 9.23. The maximum Gasteiger partial charge on any atom is 0.272 e. The number of nitrogens with zero attached hydrogens (tertiary/aromatic N) is 2. The number of pyridine rings is 1. The molecular formula is C21H22N6O3. The summed E-state index contributed by atoms with van der Waals surface area (Å²) in [7, 11) is 0. The van der Waals surface area contributed by atoms with Crippen molar-refractivity contribution in [2.45, 2.75) is 25.9 Å². The molecule has 1 aromatic heterocycles. The third-order valence-electron chi connectivity index (χ3n) is 4.90. The minimum atomic E-state index is -0.889. The van der Waals surface area contributed by atoms with Crippen molar-refractivity contribution in [2.24, 2.45) is 11.5 Å². The number of carbonyl (C=O) groups excluding carboxylic acids is 3. The fraction of sp³-hybridized carbons (Fsp3) is 0.190. The Labute approximate surface area is 173 Å². The van der Waals surface area contributed by atoms with Crippen LogP contribution in [-0.4, -0.2) is 39.9 Å². The first-order chi connectivity index (χ1) is 14.3. The largest absolute Gasteiger partial charge is 0.393 e. The molecule has 1 unspecified atom stereocenters. The molecule has 9 heteroatoms. The number of nitrogens with two attached hydrogens (primary N) is 2. The van der Waals surface area contributed by atoms with Crippen LogP contribution in [0.4, 0.5) is 0 Å². The molecular weight excluding hydrogens is 384 g/mol. The molecule has 0 fully saturated rings. The zero-order valence-electron chi connectivity index (χ0n) is 16.4. The minimum Gasteiger partial charge on any atom is -0.393 e. The predicted molar refractivity (Wildman–Crippen MR) is 110 cm³/mol. The molecule has 0 bridgehead atoms. The normalized spacial score (nSPS) is 16.8. The Morgan fingerprint density at radius 2 is 2.07 bits per heavy atom. The number of allylic oxidation sites excluding steroid dienone is 1. The van der Waals surface area contributed by atoms with Gasteiger partial charge in [0, 0.05) is 36.6 Å². The molecule has 154 valence electrons. The maximum absolute atomic E-state index is 13.1. The van der Waals surface area contributed by atoms with E-state index in [2.05, 4.69) is 10.3 Å². The standard InChI is InChI=1S/C21H22N6O3/c1-12-8-13(5-6-15(12)19(24)28)11-27-17(9-14-4-2-3-7-25-14)20(29)26-16(10-22)18(23)21(27)30/h2-8,10,17,22H,9,11,23H2,1H3,(H2,24,28)(H,26,29). The van der Waals surface area contributed by atoms with Gasteiger partial charge in [-0.25, -0.2) is 0 Å². The van der Waals surface area contributed by atoms with Gasteiger partial charge in [-0.3, -0.25) is 19.4 Å². The maximum atomic E-state index is 13.1. The van der Waals surface area contributed by atoms with Gasteiger partial charge in [0.1, 0.15) is 11.7 Å². The molecule has 6 N–H and O–H groups in total. The summed E-state index contributed by atoms with van der Waals surface area (Å²) >= 11 is 0. The van der Waals surface area contributed by atoms with Crippen LogP contribution < -0.4 is 16.8 Å². The number of hydrogen-bond acceptors (Lipinski definition) is 6. The number of aryl methyl sites for hydroxylation is 1. The van der Waals surface area contributed by atoms with Crippen LogP contribution in [-0.2, 0) is 22.6 Å². The van der Waals surface area contributed by atoms with Crippen LogP contribution in [0.5, 0.6) is 0 Å². The highest BCUT2D eigenvalue weighted by atomic mass is 16.2. The van der Waals surface area contributed by atoms with Crippen molar-refractivity contribution in [3.05, 3.63) is 76.4 Å². The summed E-state index contributed by atoms with van der Waals surface area (Å²) in [5.74, 6) is -1.57. The Kier molecular flexibility index (Phi) is 5.91. The third kappa shape index (κ3) is 4.19. The van der Waals surface area contributed by atoms with Gasteiger partial charge in [0.15, 0.2) is 0 Å². The summed E-state index contributed by atoms with van der Waals surface area (Å²) in [6.07, 6.45) is 2.63. The molecule has 2 heterocycles. The summed E-state index contributed by atoms with van der Waals surface area (Å²) in [6, 6.07) is 9.44. The van der Waals surface area contributed by atoms with E-state index in [4.69, 9.17) is 16.9 Å². The molecule has 2 aromatic rings. The molecule has 1 aliphatic heterocycles. The molecule has 0 aliphatic carbocycles. The molecule has 1 atom stereocenters. The van der Waals surface area contributed by atoms with E-state index in [0.29, 0.717) is 22.4 Å². The molecule has 1 aromatic carbocycles. The molecule has 3 rings (SSSR count). The lowest BCUT2D eigenvalue weighted by molar-refractivity contribution is -0.137. The van der Waals surface area contributed by atoms with E-state index in [1.165, 1.54) is 4.90 Å². The Balaban J connectivity index is 2.00. The average molecular weight is 406 g/mol. The van der Waals surface area contributed by atoms with Gasteiger partial charge in [0.05, 0.1) is 5.70 Å². The zero-order chi connectivity index (χ0) is 21.8. The monoisotopic (exact) mass is 406 g/mol. The van der Waals surface area contributed by atoms with Gasteiger partial charge >= 0.3 is 0 Å². The van der Waals surface area contributed by atoms with E-state index in [1.807, 2.05) is 0 Å². The average Bonchev–Trinajstić information content (AvgIpc) is 2.80. The van der Waals surface area contributed by atoms with Crippen LogP contribution in [0.2, 0.25) is 0 Å². The highest BCUT2D eigenvalue weighted by Gasteiger charge is 2.36. The first-order valence-corrected chi connectivity index (χ1v) is 9.23. The summed E-state index contributed by atoms with van der Waals surface area (Å²) in [4.78, 5) is 43.1. The van der Waals surface area contributed by atoms with E-state index < -0.39 is 23.8 Å². The summed E-state index contributed by atoms with van der Waals surface area (Å²) < 4.78 is 0. The first kappa shape index (κ1) is 20.7. The van der Waals surface area contributed by atoms with Crippen molar-refractivity contribution in [1.82, 2.24) is 15.2 Å². The van der Waals surface area contributed by atoms with Crippen LogP contribution in [0.15, 0.2) is 54.0 Å². The molecule has 0 saturated heterocycles. The molecule has 9 nitrogen and oxygen atoms in total. The summed E-state index contributed by atoms with van der Waals surface area (Å²) in [5.41, 5.74) is 13.4. The Morgan fingerprint density at radius 3 is 2.67 bits per heavy atom. The second-order valence-corrected chi connectivity index (χ2v) is 6.95. The lowest BCUT2D eigenvalue weighted by atomic mass is 10.0. The van der Waals surface area contributed by atoms with Crippen molar-refractivity contribution >= 4 is 23.9 Å². The molecule has 1 aliphatic rings. The fourth-order valence-corrected chi connectivity index (χ4v) is 3.35. The lowest BCUT2D eigenvalue weighted by Gasteiger charge is -2.29. The Bertz CT molecular complexity index is 1050. The van der Waals surface area contributed by atoms with E-state index in [0.717, 1.165) is 6.21 Å². The number of carbonyl (C=O) groups is 3. The smallest absolute Gasteiger partial charge is 0.272 e. The molecule has 0 spiro atoms. The second-order valence-electron chi connectivity index (χ2n) is 6.95. The summed E-state index contributed by atoms with van der Waals surface area (Å²) in [6.45, 7) is 1.82. The van der Waals surface area contributed by atoms with Crippen LogP contribution in [0.1, 0.15) is 27.2 Å². The second kappa shape index (κ2) is 8.56. The predicted octanol–water partition coefficient (Wildman–Crippen LogP) is 0.378. The number of hydrogen-bond donors (Lipinski definition) is 4. The highest BCUT2D eigenvalue weighted by Crippen LogP contribution is 2.20.